The molecule has 0 aliphatic heterocycles. The fourth-order valence-corrected chi connectivity index (χ4v) is 4.35. The number of fused-ring (bicyclic) bond motifs is 1. The second-order valence-electron chi connectivity index (χ2n) is 7.32. The Morgan fingerprint density at radius 1 is 1.26 bits per heavy atom. The van der Waals surface area contributed by atoms with Gasteiger partial charge in [0.05, 0.1) is 0 Å². The maximum atomic E-state index is 12.6. The molecule has 23 heavy (non-hydrogen) atoms. The monoisotopic (exact) mass is 311 g/mol. The van der Waals surface area contributed by atoms with Crippen LogP contribution < -0.4 is 5.32 Å². The highest BCUT2D eigenvalue weighted by atomic mass is 16.1. The van der Waals surface area contributed by atoms with Gasteiger partial charge in [0.2, 0.25) is 5.91 Å². The van der Waals surface area contributed by atoms with E-state index in [4.69, 9.17) is 0 Å². The lowest BCUT2D eigenvalue weighted by atomic mass is 9.76. The summed E-state index contributed by atoms with van der Waals surface area (Å²) in [4.78, 5) is 12.6. The topological polar surface area (TPSA) is 29.1 Å². The first-order valence-electron chi connectivity index (χ1n) is 9.19. The fourth-order valence-electron chi connectivity index (χ4n) is 4.35. The minimum atomic E-state index is 0.243. The van der Waals surface area contributed by atoms with Crippen LogP contribution in [0, 0.1) is 12.8 Å². The third kappa shape index (κ3) is 3.68. The van der Waals surface area contributed by atoms with Crippen LogP contribution in [0.3, 0.4) is 0 Å². The minimum absolute atomic E-state index is 0.243. The lowest BCUT2D eigenvalue weighted by molar-refractivity contribution is -0.126. The molecule has 1 aromatic rings. The lowest BCUT2D eigenvalue weighted by Crippen LogP contribution is -2.44. The predicted molar refractivity (Wildman–Crippen MR) is 95.6 cm³/mol. The number of carbonyl (C=O) groups is 1. The number of aryl methyl sites for hydroxylation is 2. The van der Waals surface area contributed by atoms with Crippen molar-refractivity contribution < 1.29 is 4.79 Å². The smallest absolute Gasteiger partial charge is 0.223 e. The van der Waals surface area contributed by atoms with Gasteiger partial charge in [0.1, 0.15) is 0 Å². The highest BCUT2D eigenvalue weighted by Crippen LogP contribution is 2.35. The van der Waals surface area contributed by atoms with Gasteiger partial charge in [0.25, 0.3) is 0 Å². The van der Waals surface area contributed by atoms with Crippen LogP contribution in [0.25, 0.3) is 0 Å². The summed E-state index contributed by atoms with van der Waals surface area (Å²) in [5, 5.41) is 3.39. The molecule has 1 aromatic carbocycles. The van der Waals surface area contributed by atoms with Crippen LogP contribution in [-0.4, -0.2) is 11.9 Å². The van der Waals surface area contributed by atoms with Crippen LogP contribution in [0.4, 0.5) is 0 Å². The van der Waals surface area contributed by atoms with E-state index in [9.17, 15) is 4.79 Å². The van der Waals surface area contributed by atoms with Gasteiger partial charge in [-0.25, -0.2) is 0 Å². The van der Waals surface area contributed by atoms with Gasteiger partial charge in [-0.2, -0.15) is 0 Å². The molecule has 1 amide bonds. The number of carbonyl (C=O) groups excluding carboxylic acids is 1. The molecule has 0 radical (unpaired) electrons. The van der Waals surface area contributed by atoms with Crippen LogP contribution in [0.15, 0.2) is 30.9 Å². The summed E-state index contributed by atoms with van der Waals surface area (Å²) in [5.74, 6) is 0.913. The summed E-state index contributed by atoms with van der Waals surface area (Å²) in [6.07, 6.45) is 10.9. The molecule has 2 aliphatic carbocycles. The summed E-state index contributed by atoms with van der Waals surface area (Å²) in [6, 6.07) is 7.03. The summed E-state index contributed by atoms with van der Waals surface area (Å²) < 4.78 is 0. The van der Waals surface area contributed by atoms with Crippen molar-refractivity contribution in [3.63, 3.8) is 0 Å². The summed E-state index contributed by atoms with van der Waals surface area (Å²) >= 11 is 0. The Morgan fingerprint density at radius 2 is 2.04 bits per heavy atom. The molecule has 2 unspecified atom stereocenters. The molecular formula is C21H29NO. The van der Waals surface area contributed by atoms with Crippen molar-refractivity contribution in [2.24, 2.45) is 5.92 Å². The van der Waals surface area contributed by atoms with Gasteiger partial charge < -0.3 is 5.32 Å². The van der Waals surface area contributed by atoms with Crippen LogP contribution in [-0.2, 0) is 11.2 Å². The third-order valence-corrected chi connectivity index (χ3v) is 5.63. The van der Waals surface area contributed by atoms with Gasteiger partial charge in [-0.3, -0.25) is 4.79 Å². The number of hydrogen-bond donors (Lipinski definition) is 1. The van der Waals surface area contributed by atoms with Crippen LogP contribution in [0.2, 0.25) is 0 Å². The molecule has 1 N–H and O–H groups in total. The van der Waals surface area contributed by atoms with Crippen molar-refractivity contribution in [1.29, 1.82) is 0 Å². The molecule has 0 aromatic heterocycles. The zero-order chi connectivity index (χ0) is 16.2. The Bertz CT molecular complexity index is 571. The predicted octanol–water partition coefficient (Wildman–Crippen LogP) is 4.67. The maximum Gasteiger partial charge on any atom is 0.223 e. The van der Waals surface area contributed by atoms with E-state index < -0.39 is 0 Å². The zero-order valence-corrected chi connectivity index (χ0v) is 14.3. The molecule has 124 valence electrons. The molecule has 2 aliphatic rings. The van der Waals surface area contributed by atoms with Gasteiger partial charge in [0.15, 0.2) is 0 Å². The van der Waals surface area contributed by atoms with Gasteiger partial charge in [-0.05, 0) is 50.2 Å². The van der Waals surface area contributed by atoms with Gasteiger partial charge in [-0.15, -0.1) is 6.58 Å². The third-order valence-electron chi connectivity index (χ3n) is 5.63. The van der Waals surface area contributed by atoms with Gasteiger partial charge in [0, 0.05) is 17.9 Å². The van der Waals surface area contributed by atoms with E-state index in [2.05, 4.69) is 37.0 Å². The van der Waals surface area contributed by atoms with E-state index in [1.807, 2.05) is 6.08 Å². The van der Waals surface area contributed by atoms with E-state index in [1.54, 1.807) is 0 Å². The van der Waals surface area contributed by atoms with Crippen molar-refractivity contribution in [1.82, 2.24) is 5.32 Å². The molecule has 2 atom stereocenters. The van der Waals surface area contributed by atoms with E-state index >= 15 is 0 Å². The number of benzene rings is 1. The molecule has 0 spiro atoms. The Hall–Kier alpha value is -1.57. The quantitative estimate of drug-likeness (QED) is 0.805. The van der Waals surface area contributed by atoms with Crippen molar-refractivity contribution in [2.45, 2.75) is 70.3 Å². The van der Waals surface area contributed by atoms with Gasteiger partial charge >= 0.3 is 0 Å². The van der Waals surface area contributed by atoms with Crippen molar-refractivity contribution in [3.8, 4) is 0 Å². The van der Waals surface area contributed by atoms with E-state index in [1.165, 1.54) is 36.0 Å². The normalized spacial score (nSPS) is 24.7. The molecular weight excluding hydrogens is 282 g/mol. The van der Waals surface area contributed by atoms with Crippen LogP contribution in [0.1, 0.15) is 67.6 Å². The van der Waals surface area contributed by atoms with Crippen LogP contribution in [0.5, 0.6) is 0 Å². The summed E-state index contributed by atoms with van der Waals surface area (Å²) in [6.45, 7) is 6.09. The minimum Gasteiger partial charge on any atom is -0.352 e. The molecule has 0 bridgehead atoms. The molecule has 1 fully saturated rings. The molecule has 3 rings (SSSR count). The number of allylic oxidation sites excluding steroid dienone is 1. The van der Waals surface area contributed by atoms with E-state index in [-0.39, 0.29) is 12.0 Å². The number of hydrogen-bond acceptors (Lipinski definition) is 1. The Kier molecular flexibility index (Phi) is 5.20. The maximum absolute atomic E-state index is 12.6. The highest BCUT2D eigenvalue weighted by molar-refractivity contribution is 5.79. The number of amides is 1. The molecule has 2 nitrogen and oxygen atoms in total. The number of rotatable bonds is 4. The average Bonchev–Trinajstić information content (AvgIpc) is 2.57. The first-order valence-corrected chi connectivity index (χ1v) is 9.19. The van der Waals surface area contributed by atoms with Crippen molar-refractivity contribution in [2.75, 3.05) is 0 Å². The van der Waals surface area contributed by atoms with Crippen molar-refractivity contribution >= 4 is 5.91 Å². The van der Waals surface area contributed by atoms with E-state index in [0.717, 1.165) is 32.1 Å². The number of nitrogens with one attached hydrogen (secondary N) is 1. The molecule has 1 saturated carbocycles. The lowest BCUT2D eigenvalue weighted by Gasteiger charge is -2.35. The fraction of sp³-hybridized carbons (Fsp3) is 0.571. The van der Waals surface area contributed by atoms with Gasteiger partial charge in [-0.1, -0.05) is 49.1 Å². The Labute approximate surface area is 140 Å². The summed E-state index contributed by atoms with van der Waals surface area (Å²) in [7, 11) is 0. The standard InChI is InChI=1S/C21H29NO/c1-3-7-19-18-12-10-15(2)14-17(18)11-13-20(19)22-21(23)16-8-5-4-6-9-16/h3,10,12,14,16,19-20H,1,4-9,11,13H2,2H3,(H,22,23). The second kappa shape index (κ2) is 7.33. The largest absolute Gasteiger partial charge is 0.352 e. The highest BCUT2D eigenvalue weighted by Gasteiger charge is 2.31. The van der Waals surface area contributed by atoms with E-state index in [0.29, 0.717) is 11.8 Å². The first-order chi connectivity index (χ1) is 11.2. The summed E-state index contributed by atoms with van der Waals surface area (Å²) in [5.41, 5.74) is 4.20. The first kappa shape index (κ1) is 16.3. The Morgan fingerprint density at radius 3 is 2.78 bits per heavy atom. The van der Waals surface area contributed by atoms with Crippen LogP contribution >= 0.6 is 0 Å². The second-order valence-corrected chi connectivity index (χ2v) is 7.32. The SMILES string of the molecule is C=CCC1c2ccc(C)cc2CCC1NC(=O)C1CCCCC1. The molecule has 0 heterocycles. The molecule has 0 saturated heterocycles. The van der Waals surface area contributed by atoms with Crippen molar-refractivity contribution in [3.05, 3.63) is 47.5 Å². The average molecular weight is 311 g/mol. The Balaban J connectivity index is 1.74. The molecule has 2 heteroatoms. The zero-order valence-electron chi connectivity index (χ0n) is 14.3.